The topological polar surface area (TPSA) is 170 Å². The van der Waals surface area contributed by atoms with Crippen LogP contribution < -0.4 is 10.6 Å². The first-order chi connectivity index (χ1) is 23.6. The van der Waals surface area contributed by atoms with Gasteiger partial charge in [-0.1, -0.05) is 60.7 Å². The molecule has 0 unspecified atom stereocenters. The van der Waals surface area contributed by atoms with Gasteiger partial charge in [0.2, 0.25) is 11.8 Å². The molecular formula is C36H35N7O6. The molecular weight excluding hydrogens is 626 g/mol. The molecule has 13 heteroatoms. The van der Waals surface area contributed by atoms with Crippen molar-refractivity contribution in [3.63, 3.8) is 0 Å². The van der Waals surface area contributed by atoms with Crippen LogP contribution in [0.15, 0.2) is 116 Å². The van der Waals surface area contributed by atoms with Crippen molar-refractivity contribution in [3.05, 3.63) is 127 Å². The number of carboxylic acid groups (broad SMARTS) is 2. The summed E-state index contributed by atoms with van der Waals surface area (Å²) in [6, 6.07) is 30.1. The molecule has 0 spiro atoms. The Hall–Kier alpha value is -6.50. The van der Waals surface area contributed by atoms with E-state index in [0.29, 0.717) is 28.5 Å². The molecule has 5 rings (SSSR count). The lowest BCUT2D eigenvalue weighted by atomic mass is 10.1. The lowest BCUT2D eigenvalue weighted by Gasteiger charge is -2.25. The standard InChI is InChI=1S/C36H35N7O6/c1-24(41(35(46)47)21-26-9-5-3-6-10-26)33(44)38-29-15-13-28(14-16-29)32-40-37-23-43(32)31-19-17-30(18-20-31)39-34(45)25(2)42(36(48)49)22-27-11-7-4-8-12-27/h3-20,23-25H,21-22H2,1-2H3,(H,38,44)(H,39,45)(H,46,47)(H,48,49)/t24-,25-/m0/s1. The van der Waals surface area contributed by atoms with Gasteiger partial charge in [-0.2, -0.15) is 0 Å². The van der Waals surface area contributed by atoms with Gasteiger partial charge in [0, 0.05) is 35.7 Å². The van der Waals surface area contributed by atoms with Gasteiger partial charge < -0.3 is 20.8 Å². The number of benzene rings is 4. The largest absolute Gasteiger partial charge is 0.465 e. The minimum absolute atomic E-state index is 0.0733. The smallest absolute Gasteiger partial charge is 0.408 e. The monoisotopic (exact) mass is 661 g/mol. The lowest BCUT2D eigenvalue weighted by molar-refractivity contribution is -0.121. The van der Waals surface area contributed by atoms with Crippen molar-refractivity contribution in [2.75, 3.05) is 10.6 Å². The zero-order valence-corrected chi connectivity index (χ0v) is 26.8. The molecule has 0 fully saturated rings. The van der Waals surface area contributed by atoms with Crippen molar-refractivity contribution in [2.45, 2.75) is 39.0 Å². The lowest BCUT2D eigenvalue weighted by Crippen LogP contribution is -2.44. The SMILES string of the molecule is C[C@@H](C(=O)Nc1ccc(-c2nncn2-c2ccc(NC(=O)[C@H](C)N(Cc3ccccc3)C(=O)O)cc2)cc1)N(Cc1ccccc1)C(=O)O. The van der Waals surface area contributed by atoms with E-state index >= 15 is 0 Å². The summed E-state index contributed by atoms with van der Waals surface area (Å²) in [7, 11) is 0. The maximum atomic E-state index is 13.0. The van der Waals surface area contributed by atoms with E-state index in [4.69, 9.17) is 0 Å². The molecule has 0 saturated carbocycles. The van der Waals surface area contributed by atoms with Crippen LogP contribution in [0.5, 0.6) is 0 Å². The molecule has 4 N–H and O–H groups in total. The fraction of sp³-hybridized carbons (Fsp3) is 0.167. The Bertz CT molecular complexity index is 1760. The summed E-state index contributed by atoms with van der Waals surface area (Å²) in [5.41, 5.74) is 3.93. The van der Waals surface area contributed by atoms with Crippen LogP contribution in [0.25, 0.3) is 17.1 Å². The van der Waals surface area contributed by atoms with Crippen molar-refractivity contribution < 1.29 is 29.4 Å². The van der Waals surface area contributed by atoms with Crippen LogP contribution in [0.4, 0.5) is 21.0 Å². The molecule has 0 aliphatic rings. The van der Waals surface area contributed by atoms with Crippen LogP contribution in [0, 0.1) is 0 Å². The van der Waals surface area contributed by atoms with E-state index in [-0.39, 0.29) is 13.1 Å². The Morgan fingerprint density at radius 3 is 1.51 bits per heavy atom. The summed E-state index contributed by atoms with van der Waals surface area (Å²) < 4.78 is 1.75. The molecule has 0 saturated heterocycles. The normalized spacial score (nSPS) is 12.0. The second kappa shape index (κ2) is 15.4. The molecule has 0 bridgehead atoms. The molecule has 13 nitrogen and oxygen atoms in total. The summed E-state index contributed by atoms with van der Waals surface area (Å²) in [6.07, 6.45) is -0.852. The van der Waals surface area contributed by atoms with Gasteiger partial charge in [0.15, 0.2) is 5.82 Å². The fourth-order valence-electron chi connectivity index (χ4n) is 5.11. The van der Waals surface area contributed by atoms with Crippen molar-refractivity contribution in [3.8, 4) is 17.1 Å². The highest BCUT2D eigenvalue weighted by Gasteiger charge is 2.27. The van der Waals surface area contributed by atoms with Crippen molar-refractivity contribution >= 4 is 35.4 Å². The van der Waals surface area contributed by atoms with Crippen LogP contribution in [-0.4, -0.2) is 70.9 Å². The van der Waals surface area contributed by atoms with Crippen LogP contribution in [0.1, 0.15) is 25.0 Å². The van der Waals surface area contributed by atoms with Gasteiger partial charge in [-0.05, 0) is 73.5 Å². The molecule has 1 aromatic heterocycles. The van der Waals surface area contributed by atoms with Crippen molar-refractivity contribution in [1.29, 1.82) is 0 Å². The summed E-state index contributed by atoms with van der Waals surface area (Å²) in [5.74, 6) is -0.415. The van der Waals surface area contributed by atoms with Crippen molar-refractivity contribution in [1.82, 2.24) is 24.6 Å². The molecule has 0 radical (unpaired) electrons. The number of anilines is 2. The molecule has 0 aliphatic heterocycles. The molecule has 4 amide bonds. The summed E-state index contributed by atoms with van der Waals surface area (Å²) in [6.45, 7) is 3.23. The Morgan fingerprint density at radius 1 is 0.653 bits per heavy atom. The molecule has 1 heterocycles. The van der Waals surface area contributed by atoms with Gasteiger partial charge >= 0.3 is 12.2 Å². The molecule has 2 atom stereocenters. The van der Waals surface area contributed by atoms with Gasteiger partial charge in [-0.3, -0.25) is 24.0 Å². The Balaban J connectivity index is 1.22. The number of rotatable bonds is 12. The third-order valence-electron chi connectivity index (χ3n) is 7.95. The van der Waals surface area contributed by atoms with Crippen LogP contribution >= 0.6 is 0 Å². The van der Waals surface area contributed by atoms with Crippen LogP contribution in [0.3, 0.4) is 0 Å². The van der Waals surface area contributed by atoms with Gasteiger partial charge in [0.1, 0.15) is 18.4 Å². The average molecular weight is 662 g/mol. The average Bonchev–Trinajstić information content (AvgIpc) is 3.60. The Labute approximate surface area is 282 Å². The number of hydrogen-bond donors (Lipinski definition) is 4. The van der Waals surface area contributed by atoms with Gasteiger partial charge in [0.05, 0.1) is 0 Å². The Kier molecular flexibility index (Phi) is 10.6. The predicted octanol–water partition coefficient (Wildman–Crippen LogP) is 5.95. The van der Waals surface area contributed by atoms with E-state index in [0.717, 1.165) is 20.9 Å². The fourth-order valence-corrected chi connectivity index (χ4v) is 5.11. The number of carbonyl (C=O) groups excluding carboxylic acids is 2. The number of nitrogens with zero attached hydrogens (tertiary/aromatic N) is 5. The first-order valence-electron chi connectivity index (χ1n) is 15.4. The highest BCUT2D eigenvalue weighted by Crippen LogP contribution is 2.24. The minimum Gasteiger partial charge on any atom is -0.465 e. The van der Waals surface area contributed by atoms with E-state index in [2.05, 4.69) is 20.8 Å². The quantitative estimate of drug-likeness (QED) is 0.127. The minimum atomic E-state index is -1.20. The summed E-state index contributed by atoms with van der Waals surface area (Å²) >= 11 is 0. The maximum absolute atomic E-state index is 13.0. The van der Waals surface area contributed by atoms with Gasteiger partial charge in [0.25, 0.3) is 0 Å². The zero-order valence-electron chi connectivity index (χ0n) is 26.8. The maximum Gasteiger partial charge on any atom is 0.408 e. The second-order valence-corrected chi connectivity index (χ2v) is 11.3. The van der Waals surface area contributed by atoms with E-state index in [1.54, 1.807) is 83.7 Å². The van der Waals surface area contributed by atoms with E-state index in [1.807, 2.05) is 36.4 Å². The third-order valence-corrected chi connectivity index (χ3v) is 7.95. The predicted molar refractivity (Wildman–Crippen MR) is 183 cm³/mol. The third kappa shape index (κ3) is 8.46. The van der Waals surface area contributed by atoms with Crippen LogP contribution in [0.2, 0.25) is 0 Å². The number of carbonyl (C=O) groups is 4. The van der Waals surface area contributed by atoms with Gasteiger partial charge in [-0.25, -0.2) is 9.59 Å². The molecule has 4 aromatic carbocycles. The van der Waals surface area contributed by atoms with E-state index in [1.165, 1.54) is 13.8 Å². The van der Waals surface area contributed by atoms with Crippen LogP contribution in [-0.2, 0) is 22.7 Å². The zero-order chi connectivity index (χ0) is 34.9. The first-order valence-corrected chi connectivity index (χ1v) is 15.4. The second-order valence-electron chi connectivity index (χ2n) is 11.3. The first kappa shape index (κ1) is 33.9. The summed E-state index contributed by atoms with van der Waals surface area (Å²) in [5, 5.41) is 33.3. The number of nitrogens with one attached hydrogen (secondary N) is 2. The number of amides is 4. The molecule has 250 valence electrons. The number of aromatic nitrogens is 3. The van der Waals surface area contributed by atoms with Gasteiger partial charge in [-0.15, -0.1) is 10.2 Å². The number of hydrogen-bond acceptors (Lipinski definition) is 6. The molecule has 0 aliphatic carbocycles. The molecule has 5 aromatic rings. The molecule has 49 heavy (non-hydrogen) atoms. The van der Waals surface area contributed by atoms with Crippen molar-refractivity contribution in [2.24, 2.45) is 0 Å². The summed E-state index contributed by atoms with van der Waals surface area (Å²) in [4.78, 5) is 51.9. The highest BCUT2D eigenvalue weighted by molar-refractivity contribution is 5.97. The van der Waals surface area contributed by atoms with E-state index in [9.17, 15) is 29.4 Å². The Morgan fingerprint density at radius 2 is 1.08 bits per heavy atom. The van der Waals surface area contributed by atoms with E-state index < -0.39 is 36.1 Å². The highest BCUT2D eigenvalue weighted by atomic mass is 16.4.